The Kier molecular flexibility index (Phi) is 4.50. The molecule has 1 unspecified atom stereocenters. The molecule has 5 heteroatoms. The molecule has 0 aromatic heterocycles. The molecule has 0 bridgehead atoms. The van der Waals surface area contributed by atoms with Crippen LogP contribution in [0.5, 0.6) is 0 Å². The predicted octanol–water partition coefficient (Wildman–Crippen LogP) is 1.28. The number of esters is 1. The highest BCUT2D eigenvalue weighted by atomic mass is 16.5. The molecule has 1 aromatic carbocycles. The van der Waals surface area contributed by atoms with Gasteiger partial charge in [-0.25, -0.2) is 0 Å². The smallest absolute Gasteiger partial charge is 0.318 e. The summed E-state index contributed by atoms with van der Waals surface area (Å²) in [5.41, 5.74) is 0.560. The average molecular weight is 275 g/mol. The highest BCUT2D eigenvalue weighted by molar-refractivity contribution is 6.02. The molecule has 1 heterocycles. The lowest BCUT2D eigenvalue weighted by Gasteiger charge is -2.30. The number of ether oxygens (including phenoxy) is 1. The highest BCUT2D eigenvalue weighted by Gasteiger charge is 2.35. The minimum atomic E-state index is -0.851. The lowest BCUT2D eigenvalue weighted by molar-refractivity contribution is -0.153. The number of benzene rings is 1. The van der Waals surface area contributed by atoms with Gasteiger partial charge >= 0.3 is 5.97 Å². The van der Waals surface area contributed by atoms with Crippen molar-refractivity contribution in [2.45, 2.75) is 13.3 Å². The Morgan fingerprint density at radius 3 is 2.65 bits per heavy atom. The van der Waals surface area contributed by atoms with Gasteiger partial charge in [-0.3, -0.25) is 14.4 Å². The molecule has 5 nitrogen and oxygen atoms in total. The van der Waals surface area contributed by atoms with Crippen LogP contribution in [0.2, 0.25) is 0 Å². The lowest BCUT2D eigenvalue weighted by Crippen LogP contribution is -2.47. The molecule has 20 heavy (non-hydrogen) atoms. The van der Waals surface area contributed by atoms with E-state index in [0.717, 1.165) is 0 Å². The van der Waals surface area contributed by atoms with Crippen LogP contribution in [0.1, 0.15) is 23.7 Å². The van der Waals surface area contributed by atoms with Gasteiger partial charge in [0.15, 0.2) is 5.78 Å². The van der Waals surface area contributed by atoms with Crippen molar-refractivity contribution in [3.63, 3.8) is 0 Å². The second-order valence-corrected chi connectivity index (χ2v) is 4.64. The van der Waals surface area contributed by atoms with Gasteiger partial charge in [-0.05, 0) is 19.1 Å². The molecule has 1 aliphatic heterocycles. The first kappa shape index (κ1) is 14.2. The van der Waals surface area contributed by atoms with Gasteiger partial charge < -0.3 is 9.64 Å². The topological polar surface area (TPSA) is 63.7 Å². The number of amides is 1. The summed E-state index contributed by atoms with van der Waals surface area (Å²) in [7, 11) is 0. The fourth-order valence-corrected chi connectivity index (χ4v) is 2.23. The molecule has 0 saturated carbocycles. The summed E-state index contributed by atoms with van der Waals surface area (Å²) in [5.74, 6) is -1.70. The Morgan fingerprint density at radius 2 is 2.00 bits per heavy atom. The zero-order valence-electron chi connectivity index (χ0n) is 11.4. The summed E-state index contributed by atoms with van der Waals surface area (Å²) in [6, 6.07) is 8.84. The Labute approximate surface area is 117 Å². The van der Waals surface area contributed by atoms with Gasteiger partial charge in [0, 0.05) is 25.1 Å². The minimum Gasteiger partial charge on any atom is -0.465 e. The van der Waals surface area contributed by atoms with Gasteiger partial charge in [-0.15, -0.1) is 0 Å². The fourth-order valence-electron chi connectivity index (χ4n) is 2.23. The van der Waals surface area contributed by atoms with E-state index >= 15 is 0 Å². The number of nitrogens with zero attached hydrogens (tertiary/aromatic N) is 1. The van der Waals surface area contributed by atoms with Crippen LogP contribution >= 0.6 is 0 Å². The van der Waals surface area contributed by atoms with Crippen molar-refractivity contribution < 1.29 is 19.1 Å². The van der Waals surface area contributed by atoms with Crippen molar-refractivity contribution in [1.82, 2.24) is 4.90 Å². The third kappa shape index (κ3) is 3.04. The zero-order chi connectivity index (χ0) is 14.5. The van der Waals surface area contributed by atoms with Gasteiger partial charge in [0.1, 0.15) is 5.92 Å². The number of carbonyl (C=O) groups is 3. The maximum absolute atomic E-state index is 12.3. The molecule has 0 spiro atoms. The van der Waals surface area contributed by atoms with E-state index in [9.17, 15) is 14.4 Å². The summed E-state index contributed by atoms with van der Waals surface area (Å²) in [4.78, 5) is 37.3. The maximum Gasteiger partial charge on any atom is 0.318 e. The second kappa shape index (κ2) is 6.32. The van der Waals surface area contributed by atoms with Crippen LogP contribution in [0.4, 0.5) is 0 Å². The van der Waals surface area contributed by atoms with Gasteiger partial charge in [0.05, 0.1) is 6.61 Å². The van der Waals surface area contributed by atoms with E-state index in [-0.39, 0.29) is 31.3 Å². The molecule has 1 aliphatic rings. The molecule has 1 amide bonds. The van der Waals surface area contributed by atoms with E-state index in [4.69, 9.17) is 4.74 Å². The quantitative estimate of drug-likeness (QED) is 0.616. The molecule has 0 radical (unpaired) electrons. The summed E-state index contributed by atoms with van der Waals surface area (Å²) >= 11 is 0. The monoisotopic (exact) mass is 275 g/mol. The van der Waals surface area contributed by atoms with Crippen molar-refractivity contribution in [3.05, 3.63) is 35.9 Å². The summed E-state index contributed by atoms with van der Waals surface area (Å²) < 4.78 is 4.89. The molecular formula is C15H17NO4. The first-order valence-electron chi connectivity index (χ1n) is 6.67. The van der Waals surface area contributed by atoms with Crippen LogP contribution in [0.15, 0.2) is 30.3 Å². The van der Waals surface area contributed by atoms with Gasteiger partial charge in [0.25, 0.3) is 5.91 Å². The summed E-state index contributed by atoms with van der Waals surface area (Å²) in [6.07, 6.45) is 0.196. The molecule has 1 atom stereocenters. The number of likely N-dealkylation sites (tertiary alicyclic amines) is 1. The molecule has 106 valence electrons. The number of hydrogen-bond donors (Lipinski definition) is 0. The third-order valence-corrected chi connectivity index (χ3v) is 3.30. The van der Waals surface area contributed by atoms with E-state index in [0.29, 0.717) is 12.1 Å². The fraction of sp³-hybridized carbons (Fsp3) is 0.400. The van der Waals surface area contributed by atoms with Gasteiger partial charge in [-0.1, -0.05) is 18.2 Å². The third-order valence-electron chi connectivity index (χ3n) is 3.30. The first-order chi connectivity index (χ1) is 9.63. The Morgan fingerprint density at radius 1 is 1.30 bits per heavy atom. The van der Waals surface area contributed by atoms with Crippen molar-refractivity contribution in [1.29, 1.82) is 0 Å². The minimum absolute atomic E-state index is 0.103. The van der Waals surface area contributed by atoms with Crippen LogP contribution in [-0.2, 0) is 14.3 Å². The molecule has 2 rings (SSSR count). The lowest BCUT2D eigenvalue weighted by atomic mass is 9.96. The van der Waals surface area contributed by atoms with Crippen LogP contribution in [0.25, 0.3) is 0 Å². The van der Waals surface area contributed by atoms with Crippen molar-refractivity contribution in [3.8, 4) is 0 Å². The number of hydrogen-bond acceptors (Lipinski definition) is 4. The number of Topliss-reactive ketones (excluding diaryl/α,β-unsaturated/α-hetero) is 1. The zero-order valence-corrected chi connectivity index (χ0v) is 11.4. The van der Waals surface area contributed by atoms with E-state index in [1.54, 1.807) is 36.1 Å². The molecular weight excluding hydrogens is 258 g/mol. The maximum atomic E-state index is 12.3. The molecule has 1 saturated heterocycles. The standard InChI is InChI=1S/C15H17NO4/c1-2-20-15(19)12-10-16(9-8-13(12)17)14(18)11-6-4-3-5-7-11/h3-7,12H,2,8-10H2,1H3. The Hall–Kier alpha value is -2.17. The Balaban J connectivity index is 2.09. The van der Waals surface area contributed by atoms with Crippen LogP contribution < -0.4 is 0 Å². The highest BCUT2D eigenvalue weighted by Crippen LogP contribution is 2.17. The number of carbonyl (C=O) groups excluding carboxylic acids is 3. The molecule has 1 aromatic rings. The van der Waals surface area contributed by atoms with Crippen LogP contribution in [0.3, 0.4) is 0 Å². The van der Waals surface area contributed by atoms with Gasteiger partial charge in [-0.2, -0.15) is 0 Å². The van der Waals surface area contributed by atoms with E-state index < -0.39 is 11.9 Å². The normalized spacial score (nSPS) is 18.8. The van der Waals surface area contributed by atoms with Crippen molar-refractivity contribution in [2.75, 3.05) is 19.7 Å². The van der Waals surface area contributed by atoms with Gasteiger partial charge in [0.2, 0.25) is 0 Å². The van der Waals surface area contributed by atoms with Crippen molar-refractivity contribution in [2.24, 2.45) is 5.92 Å². The van der Waals surface area contributed by atoms with E-state index in [1.807, 2.05) is 6.07 Å². The van der Waals surface area contributed by atoms with E-state index in [2.05, 4.69) is 0 Å². The predicted molar refractivity (Wildman–Crippen MR) is 72.1 cm³/mol. The number of ketones is 1. The largest absolute Gasteiger partial charge is 0.465 e. The van der Waals surface area contributed by atoms with Crippen LogP contribution in [-0.4, -0.2) is 42.3 Å². The molecule has 1 fully saturated rings. The SMILES string of the molecule is CCOC(=O)C1CN(C(=O)c2ccccc2)CCC1=O. The second-order valence-electron chi connectivity index (χ2n) is 4.64. The van der Waals surface area contributed by atoms with E-state index in [1.165, 1.54) is 0 Å². The summed E-state index contributed by atoms with van der Waals surface area (Å²) in [5, 5.41) is 0. The summed E-state index contributed by atoms with van der Waals surface area (Å²) in [6.45, 7) is 2.38. The van der Waals surface area contributed by atoms with Crippen molar-refractivity contribution >= 4 is 17.7 Å². The van der Waals surface area contributed by atoms with Crippen LogP contribution in [0, 0.1) is 5.92 Å². The number of rotatable bonds is 3. The average Bonchev–Trinajstić information content (AvgIpc) is 2.48. The number of piperidine rings is 1. The molecule has 0 aliphatic carbocycles. The Bertz CT molecular complexity index is 512. The first-order valence-corrected chi connectivity index (χ1v) is 6.67. The molecule has 0 N–H and O–H groups in total.